The van der Waals surface area contributed by atoms with E-state index in [2.05, 4.69) is 0 Å². The van der Waals surface area contributed by atoms with Gasteiger partial charge in [0.15, 0.2) is 0 Å². The molecule has 1 atom stereocenters. The number of carbonyl (C=O) groups excluding carboxylic acids is 1. The van der Waals surface area contributed by atoms with Crippen LogP contribution in [0.3, 0.4) is 0 Å². The third-order valence-electron chi connectivity index (χ3n) is 3.30. The number of hydrogen-bond donors (Lipinski definition) is 2. The van der Waals surface area contributed by atoms with Crippen molar-refractivity contribution in [3.05, 3.63) is 36.0 Å². The quantitative estimate of drug-likeness (QED) is 0.826. The zero-order valence-electron chi connectivity index (χ0n) is 13.6. The molecule has 124 valence electrons. The second-order valence-electron chi connectivity index (χ2n) is 6.60. The second-order valence-corrected chi connectivity index (χ2v) is 6.60. The van der Waals surface area contributed by atoms with Gasteiger partial charge in [-0.2, -0.15) is 0 Å². The topological polar surface area (TPSA) is 94.5 Å². The normalized spacial score (nSPS) is 13.0. The molecule has 0 bridgehead atoms. The van der Waals surface area contributed by atoms with Crippen LogP contribution in [0.4, 0.5) is 0 Å². The van der Waals surface area contributed by atoms with E-state index in [9.17, 15) is 9.59 Å². The van der Waals surface area contributed by atoms with E-state index in [1.54, 1.807) is 18.2 Å². The van der Waals surface area contributed by atoms with E-state index in [0.29, 0.717) is 6.54 Å². The number of hydrogen-bond acceptors (Lipinski definition) is 4. The molecule has 6 heteroatoms. The first-order valence-corrected chi connectivity index (χ1v) is 7.45. The highest BCUT2D eigenvalue weighted by molar-refractivity contribution is 5.93. The van der Waals surface area contributed by atoms with Gasteiger partial charge in [-0.05, 0) is 44.4 Å². The van der Waals surface area contributed by atoms with Gasteiger partial charge < -0.3 is 20.1 Å². The van der Waals surface area contributed by atoms with E-state index in [1.165, 1.54) is 0 Å². The van der Waals surface area contributed by atoms with Crippen molar-refractivity contribution in [2.75, 3.05) is 0 Å². The first kappa shape index (κ1) is 17.0. The molecule has 0 aliphatic carbocycles. The number of carbonyl (C=O) groups is 2. The average molecular weight is 318 g/mol. The van der Waals surface area contributed by atoms with Crippen molar-refractivity contribution < 1.29 is 19.4 Å². The molecule has 0 spiro atoms. The fraction of sp³-hybridized carbons (Fsp3) is 0.412. The number of aromatic nitrogens is 1. The molecular formula is C17H22N2O4. The third-order valence-corrected chi connectivity index (χ3v) is 3.30. The Hall–Kier alpha value is -2.34. The van der Waals surface area contributed by atoms with Gasteiger partial charge in [0.05, 0.1) is 12.0 Å². The minimum absolute atomic E-state index is 0.107. The van der Waals surface area contributed by atoms with Gasteiger partial charge in [0, 0.05) is 24.3 Å². The molecule has 2 aromatic rings. The maximum atomic E-state index is 11.8. The maximum Gasteiger partial charge on any atom is 0.335 e. The number of nitrogens with zero attached hydrogens (tertiary/aromatic N) is 1. The van der Waals surface area contributed by atoms with Crippen molar-refractivity contribution in [3.63, 3.8) is 0 Å². The molecule has 0 saturated heterocycles. The minimum atomic E-state index is -0.974. The van der Waals surface area contributed by atoms with Gasteiger partial charge in [0.25, 0.3) is 0 Å². The van der Waals surface area contributed by atoms with Gasteiger partial charge in [-0.1, -0.05) is 6.07 Å². The van der Waals surface area contributed by atoms with Gasteiger partial charge in [-0.25, -0.2) is 4.79 Å². The number of fused-ring (bicyclic) bond motifs is 1. The highest BCUT2D eigenvalue weighted by atomic mass is 16.6. The number of rotatable bonds is 5. The summed E-state index contributed by atoms with van der Waals surface area (Å²) in [5.41, 5.74) is 6.50. The third kappa shape index (κ3) is 4.56. The lowest BCUT2D eigenvalue weighted by atomic mass is 10.1. The van der Waals surface area contributed by atoms with Crippen LogP contribution in [0.2, 0.25) is 0 Å². The Morgan fingerprint density at radius 2 is 2.00 bits per heavy atom. The summed E-state index contributed by atoms with van der Waals surface area (Å²) in [5, 5.41) is 10.0. The summed E-state index contributed by atoms with van der Waals surface area (Å²) < 4.78 is 7.12. The highest BCUT2D eigenvalue weighted by Crippen LogP contribution is 2.19. The lowest BCUT2D eigenvalue weighted by Crippen LogP contribution is -2.32. The van der Waals surface area contributed by atoms with Crippen LogP contribution in [-0.2, 0) is 16.1 Å². The van der Waals surface area contributed by atoms with E-state index in [4.69, 9.17) is 15.6 Å². The predicted molar refractivity (Wildman–Crippen MR) is 87.3 cm³/mol. The number of benzene rings is 1. The molecule has 0 amide bonds. The highest BCUT2D eigenvalue weighted by Gasteiger charge is 2.19. The monoisotopic (exact) mass is 318 g/mol. The van der Waals surface area contributed by atoms with Gasteiger partial charge in [-0.3, -0.25) is 4.79 Å². The number of carboxylic acids is 1. The Bertz CT molecular complexity index is 728. The lowest BCUT2D eigenvalue weighted by Gasteiger charge is -2.21. The van der Waals surface area contributed by atoms with Gasteiger partial charge >= 0.3 is 11.9 Å². The molecule has 0 fully saturated rings. The van der Waals surface area contributed by atoms with Crippen molar-refractivity contribution in [3.8, 4) is 0 Å². The number of ether oxygens (including phenoxy) is 1. The van der Waals surface area contributed by atoms with E-state index in [0.717, 1.165) is 10.9 Å². The lowest BCUT2D eigenvalue weighted by molar-refractivity contribution is -0.155. The van der Waals surface area contributed by atoms with Crippen molar-refractivity contribution in [1.29, 1.82) is 0 Å². The van der Waals surface area contributed by atoms with Crippen LogP contribution in [0, 0.1) is 0 Å². The van der Waals surface area contributed by atoms with Gasteiger partial charge in [0.1, 0.15) is 5.60 Å². The van der Waals surface area contributed by atoms with Gasteiger partial charge in [0.2, 0.25) is 0 Å². The first-order chi connectivity index (χ1) is 10.7. The van der Waals surface area contributed by atoms with E-state index >= 15 is 0 Å². The summed E-state index contributed by atoms with van der Waals surface area (Å²) >= 11 is 0. The van der Waals surface area contributed by atoms with Crippen molar-refractivity contribution in [2.24, 2.45) is 5.73 Å². The SMILES string of the molecule is CC(C)(C)OC(=O)CC(N)Cn1ccc2ccc(C(=O)O)cc21. The Morgan fingerprint density at radius 1 is 1.30 bits per heavy atom. The van der Waals surface area contributed by atoms with Crippen molar-refractivity contribution in [1.82, 2.24) is 4.57 Å². The first-order valence-electron chi connectivity index (χ1n) is 7.45. The molecule has 1 aromatic heterocycles. The number of nitrogens with two attached hydrogens (primary N) is 1. The minimum Gasteiger partial charge on any atom is -0.478 e. The second kappa shape index (κ2) is 6.42. The summed E-state index contributed by atoms with van der Waals surface area (Å²) in [6.45, 7) is 5.84. The average Bonchev–Trinajstić information content (AvgIpc) is 2.78. The zero-order valence-corrected chi connectivity index (χ0v) is 13.6. The van der Waals surface area contributed by atoms with E-state index < -0.39 is 17.6 Å². The fourth-order valence-corrected chi connectivity index (χ4v) is 2.39. The summed E-state index contributed by atoms with van der Waals surface area (Å²) in [6, 6.07) is 6.41. The molecule has 0 radical (unpaired) electrons. The standard InChI is InChI=1S/C17H22N2O4/c1-17(2,3)23-15(20)9-13(18)10-19-7-6-11-4-5-12(16(21)22)8-14(11)19/h4-8,13H,9-10,18H2,1-3H3,(H,21,22). The van der Waals surface area contributed by atoms with Crippen LogP contribution in [0.1, 0.15) is 37.6 Å². The fourth-order valence-electron chi connectivity index (χ4n) is 2.39. The van der Waals surface area contributed by atoms with Crippen LogP contribution in [-0.4, -0.2) is 33.3 Å². The molecule has 0 saturated carbocycles. The van der Waals surface area contributed by atoms with Crippen LogP contribution in [0.25, 0.3) is 10.9 Å². The van der Waals surface area contributed by atoms with Crippen LogP contribution in [0.15, 0.2) is 30.5 Å². The molecule has 0 aliphatic rings. The Labute approximate surface area is 134 Å². The van der Waals surface area contributed by atoms with E-state index in [-0.39, 0.29) is 18.0 Å². The zero-order chi connectivity index (χ0) is 17.2. The smallest absolute Gasteiger partial charge is 0.335 e. The molecule has 3 N–H and O–H groups in total. The number of aromatic carboxylic acids is 1. The molecular weight excluding hydrogens is 296 g/mol. The Morgan fingerprint density at radius 3 is 2.61 bits per heavy atom. The largest absolute Gasteiger partial charge is 0.478 e. The number of carboxylic acid groups (broad SMARTS) is 1. The van der Waals surface area contributed by atoms with Crippen LogP contribution < -0.4 is 5.73 Å². The Kier molecular flexibility index (Phi) is 4.75. The molecule has 1 unspecified atom stereocenters. The van der Waals surface area contributed by atoms with E-state index in [1.807, 2.05) is 37.6 Å². The van der Waals surface area contributed by atoms with Gasteiger partial charge in [-0.15, -0.1) is 0 Å². The summed E-state index contributed by atoms with van der Waals surface area (Å²) in [6.07, 6.45) is 1.95. The maximum absolute atomic E-state index is 11.8. The summed E-state index contributed by atoms with van der Waals surface area (Å²) in [5.74, 6) is -1.31. The van der Waals surface area contributed by atoms with Crippen LogP contribution in [0.5, 0.6) is 0 Å². The summed E-state index contributed by atoms with van der Waals surface area (Å²) in [4.78, 5) is 22.9. The van der Waals surface area contributed by atoms with Crippen LogP contribution >= 0.6 is 0 Å². The molecule has 1 heterocycles. The molecule has 23 heavy (non-hydrogen) atoms. The molecule has 2 rings (SSSR count). The molecule has 6 nitrogen and oxygen atoms in total. The summed E-state index contributed by atoms with van der Waals surface area (Å²) in [7, 11) is 0. The van der Waals surface area contributed by atoms with Crippen molar-refractivity contribution in [2.45, 2.75) is 45.4 Å². The van der Waals surface area contributed by atoms with Crippen molar-refractivity contribution >= 4 is 22.8 Å². The Balaban J connectivity index is 2.10. The molecule has 0 aliphatic heterocycles. The molecule has 1 aromatic carbocycles. The predicted octanol–water partition coefficient (Wildman–Crippen LogP) is 2.40. The number of esters is 1.